The predicted molar refractivity (Wildman–Crippen MR) is 252 cm³/mol. The average molecular weight is 792 g/mol. The molecule has 11 aromatic rings. The zero-order valence-corrected chi connectivity index (χ0v) is 33.4. The van der Waals surface area contributed by atoms with Gasteiger partial charge in [0.15, 0.2) is 17.5 Å². The second-order valence-electron chi connectivity index (χ2n) is 16.0. The van der Waals surface area contributed by atoms with Gasteiger partial charge in [0.2, 0.25) is 11.4 Å². The third-order valence-corrected chi connectivity index (χ3v) is 12.4. The molecule has 6 heteroatoms. The number of hydrogen-bond donors (Lipinski definition) is 0. The molecule has 0 radical (unpaired) electrons. The monoisotopic (exact) mass is 791 g/mol. The lowest BCUT2D eigenvalue weighted by Gasteiger charge is -2.19. The fourth-order valence-electron chi connectivity index (χ4n) is 9.69. The van der Waals surface area contributed by atoms with E-state index < -0.39 is 0 Å². The van der Waals surface area contributed by atoms with E-state index >= 15 is 0 Å². The molecule has 62 heavy (non-hydrogen) atoms. The van der Waals surface area contributed by atoms with Gasteiger partial charge < -0.3 is 4.40 Å². The van der Waals surface area contributed by atoms with E-state index in [0.29, 0.717) is 17.5 Å². The third kappa shape index (κ3) is 5.26. The van der Waals surface area contributed by atoms with E-state index in [0.717, 1.165) is 61.6 Å². The van der Waals surface area contributed by atoms with Crippen molar-refractivity contribution < 1.29 is 4.58 Å². The molecule has 3 aromatic heterocycles. The molecule has 0 saturated carbocycles. The fourth-order valence-corrected chi connectivity index (χ4v) is 9.69. The Bertz CT molecular complexity index is 3590. The number of fused-ring (bicyclic) bond motifs is 9. The molecule has 288 valence electrons. The minimum Gasteiger partial charge on any atom is -0.308 e. The van der Waals surface area contributed by atoms with Crippen LogP contribution in [0.1, 0.15) is 22.3 Å². The van der Waals surface area contributed by atoms with Gasteiger partial charge in [-0.05, 0) is 54.1 Å². The normalized spacial score (nSPS) is 14.7. The van der Waals surface area contributed by atoms with E-state index in [2.05, 4.69) is 197 Å². The molecule has 1 atom stereocenters. The summed E-state index contributed by atoms with van der Waals surface area (Å²) in [6.45, 7) is 0. The Morgan fingerprint density at radius 3 is 1.60 bits per heavy atom. The van der Waals surface area contributed by atoms with Gasteiger partial charge >= 0.3 is 0 Å². The summed E-state index contributed by atoms with van der Waals surface area (Å²) in [6, 6.07) is 70.5. The van der Waals surface area contributed by atoms with Crippen molar-refractivity contribution in [2.24, 2.45) is 4.99 Å². The minimum absolute atomic E-state index is 0.252. The molecule has 0 aliphatic carbocycles. The molecule has 5 heterocycles. The lowest BCUT2D eigenvalue weighted by Crippen LogP contribution is -2.28. The SMILES string of the molecule is C1=C(c2ccccc2)C2N=C(c3ccccc3)C(c3cccc(-c4nc(-c5ccccc5)nc(-c5cc6c7ccccc7n7c8ccccc8c(c5)c67)n4)c3)=[N+]2c2ccccc21. The highest BCUT2D eigenvalue weighted by Crippen LogP contribution is 2.43. The van der Waals surface area contributed by atoms with Crippen molar-refractivity contribution in [3.05, 3.63) is 222 Å². The standard InChI is InChI=1S/C56H35N6/c1-4-17-35(18-5-1)44-32-38-23-10-13-28-47(38)62-51(50(57-56(44)62)36-19-6-2-7-20-36)39-24-16-25-40(31-39)54-58-53(37-21-8-3-9-22-37)59-55(60-54)41-33-45-42-26-11-14-29-48(42)61-49-30-15-12-27-43(49)46(34-41)52(45)61/h1-34,56H/q+1. The maximum Gasteiger partial charge on any atom is 0.279 e. The van der Waals surface area contributed by atoms with E-state index in [-0.39, 0.29) is 6.17 Å². The summed E-state index contributed by atoms with van der Waals surface area (Å²) in [7, 11) is 0. The van der Waals surface area contributed by atoms with Crippen molar-refractivity contribution in [2.45, 2.75) is 6.17 Å². The van der Waals surface area contributed by atoms with E-state index in [4.69, 9.17) is 19.9 Å². The van der Waals surface area contributed by atoms with Gasteiger partial charge in [-0.2, -0.15) is 4.58 Å². The number of para-hydroxylation sites is 3. The number of aromatic nitrogens is 4. The van der Waals surface area contributed by atoms with Crippen LogP contribution in [0.25, 0.3) is 83.9 Å². The van der Waals surface area contributed by atoms with Crippen molar-refractivity contribution in [1.82, 2.24) is 19.4 Å². The van der Waals surface area contributed by atoms with Crippen LogP contribution in [0.2, 0.25) is 0 Å². The van der Waals surface area contributed by atoms with E-state index in [1.54, 1.807) is 0 Å². The molecule has 0 amide bonds. The summed E-state index contributed by atoms with van der Waals surface area (Å²) in [5, 5.41) is 4.77. The summed E-state index contributed by atoms with van der Waals surface area (Å²) in [6.07, 6.45) is 2.05. The number of benzene rings is 8. The molecule has 1 unspecified atom stereocenters. The van der Waals surface area contributed by atoms with Gasteiger partial charge in [0.05, 0.1) is 22.1 Å². The molecule has 8 aromatic carbocycles. The van der Waals surface area contributed by atoms with Crippen LogP contribution in [0, 0.1) is 0 Å². The topological polar surface area (TPSA) is 58.4 Å². The van der Waals surface area contributed by atoms with Crippen molar-refractivity contribution in [3.63, 3.8) is 0 Å². The van der Waals surface area contributed by atoms with Crippen LogP contribution in [-0.2, 0) is 0 Å². The lowest BCUT2D eigenvalue weighted by molar-refractivity contribution is -0.460. The third-order valence-electron chi connectivity index (χ3n) is 12.4. The molecule has 13 rings (SSSR count). The van der Waals surface area contributed by atoms with Crippen molar-refractivity contribution in [2.75, 3.05) is 0 Å². The first-order valence-electron chi connectivity index (χ1n) is 21.0. The fraction of sp³-hybridized carbons (Fsp3) is 0.0179. The molecule has 0 N–H and O–H groups in total. The van der Waals surface area contributed by atoms with Crippen LogP contribution in [0.3, 0.4) is 0 Å². The van der Waals surface area contributed by atoms with E-state index in [1.807, 2.05) is 18.2 Å². The Morgan fingerprint density at radius 1 is 0.403 bits per heavy atom. The smallest absolute Gasteiger partial charge is 0.279 e. The number of aliphatic imine (C=N–C) groups is 1. The predicted octanol–water partition coefficient (Wildman–Crippen LogP) is 12.5. The van der Waals surface area contributed by atoms with Crippen LogP contribution in [-0.4, -0.2) is 41.5 Å². The zero-order chi connectivity index (χ0) is 40.7. The second-order valence-corrected chi connectivity index (χ2v) is 16.0. The maximum atomic E-state index is 5.58. The van der Waals surface area contributed by atoms with Gasteiger partial charge in [-0.25, -0.2) is 19.9 Å². The molecule has 0 bridgehead atoms. The Kier molecular flexibility index (Phi) is 7.57. The van der Waals surface area contributed by atoms with Crippen molar-refractivity contribution >= 4 is 66.9 Å². The highest BCUT2D eigenvalue weighted by molar-refractivity contribution is 6.53. The Hall–Kier alpha value is -8.35. The Balaban J connectivity index is 1.03. The largest absolute Gasteiger partial charge is 0.308 e. The van der Waals surface area contributed by atoms with E-state index in [1.165, 1.54) is 38.1 Å². The first-order chi connectivity index (χ1) is 30.7. The molecule has 0 saturated heterocycles. The lowest BCUT2D eigenvalue weighted by atomic mass is 9.94. The zero-order valence-electron chi connectivity index (χ0n) is 33.4. The summed E-state index contributed by atoms with van der Waals surface area (Å²) in [5.74, 6) is 1.85. The molecular formula is C56H35N6+. The molecule has 6 nitrogen and oxygen atoms in total. The van der Waals surface area contributed by atoms with Gasteiger partial charge in [-0.15, -0.1) is 0 Å². The minimum atomic E-state index is -0.252. The van der Waals surface area contributed by atoms with Crippen LogP contribution in [0.15, 0.2) is 205 Å². The number of hydrogen-bond acceptors (Lipinski definition) is 4. The highest BCUT2D eigenvalue weighted by atomic mass is 15.2. The van der Waals surface area contributed by atoms with E-state index in [9.17, 15) is 0 Å². The van der Waals surface area contributed by atoms with Crippen LogP contribution < -0.4 is 0 Å². The van der Waals surface area contributed by atoms with Crippen molar-refractivity contribution in [1.29, 1.82) is 0 Å². The number of rotatable bonds is 6. The second kappa shape index (κ2) is 13.6. The van der Waals surface area contributed by atoms with Gasteiger partial charge in [0.25, 0.3) is 6.17 Å². The quantitative estimate of drug-likeness (QED) is 0.158. The van der Waals surface area contributed by atoms with Crippen LogP contribution >= 0.6 is 0 Å². The highest BCUT2D eigenvalue weighted by Gasteiger charge is 2.44. The van der Waals surface area contributed by atoms with Gasteiger partial charge in [-0.3, -0.25) is 0 Å². The summed E-state index contributed by atoms with van der Waals surface area (Å²) >= 11 is 0. The first-order valence-corrected chi connectivity index (χ1v) is 21.0. The molecule has 0 fully saturated rings. The first kappa shape index (κ1) is 34.5. The summed E-state index contributed by atoms with van der Waals surface area (Å²) in [4.78, 5) is 21.4. The average Bonchev–Trinajstić information content (AvgIpc) is 4.03. The Morgan fingerprint density at radius 2 is 0.919 bits per heavy atom. The molecule has 2 aliphatic heterocycles. The molecule has 0 spiro atoms. The maximum absolute atomic E-state index is 5.58. The van der Waals surface area contributed by atoms with Gasteiger partial charge in [0, 0.05) is 61.0 Å². The Labute approximate surface area is 357 Å². The van der Waals surface area contributed by atoms with Crippen LogP contribution in [0.4, 0.5) is 5.69 Å². The summed E-state index contributed by atoms with van der Waals surface area (Å²) in [5.41, 5.74) is 15.0. The van der Waals surface area contributed by atoms with Crippen molar-refractivity contribution in [3.8, 4) is 34.2 Å². The summed E-state index contributed by atoms with van der Waals surface area (Å²) < 4.78 is 4.82. The number of nitrogens with zero attached hydrogens (tertiary/aromatic N) is 6. The van der Waals surface area contributed by atoms with Gasteiger partial charge in [-0.1, -0.05) is 152 Å². The molecular weight excluding hydrogens is 757 g/mol. The van der Waals surface area contributed by atoms with Gasteiger partial charge in [0.1, 0.15) is 5.71 Å². The van der Waals surface area contributed by atoms with Crippen LogP contribution in [0.5, 0.6) is 0 Å². The molecule has 2 aliphatic rings.